The maximum atomic E-state index is 13.8. The summed E-state index contributed by atoms with van der Waals surface area (Å²) < 4.78 is 15.5. The van der Waals surface area contributed by atoms with E-state index in [0.29, 0.717) is 36.7 Å². The van der Waals surface area contributed by atoms with Crippen molar-refractivity contribution in [2.75, 3.05) is 71.9 Å². The summed E-state index contributed by atoms with van der Waals surface area (Å²) in [6, 6.07) is 7.68. The van der Waals surface area contributed by atoms with E-state index in [2.05, 4.69) is 51.2 Å². The molecule has 0 fully saturated rings. The summed E-state index contributed by atoms with van der Waals surface area (Å²) in [7, 11) is 10.7. The van der Waals surface area contributed by atoms with Gasteiger partial charge in [0.25, 0.3) is 5.91 Å². The number of likely N-dealkylation sites (N-methyl/N-ethyl adjacent to an activating group) is 1. The van der Waals surface area contributed by atoms with Gasteiger partial charge in [0.2, 0.25) is 0 Å². The van der Waals surface area contributed by atoms with E-state index in [1.54, 1.807) is 21.3 Å². The number of carbonyl (C=O) groups excluding carboxylic acids is 2. The van der Waals surface area contributed by atoms with Gasteiger partial charge in [-0.3, -0.25) is 9.59 Å². The van der Waals surface area contributed by atoms with Crippen LogP contribution in [0.5, 0.6) is 5.75 Å². The van der Waals surface area contributed by atoms with Crippen LogP contribution in [0.25, 0.3) is 0 Å². The first-order valence-electron chi connectivity index (χ1n) is 12.8. The predicted molar refractivity (Wildman–Crippen MR) is 161 cm³/mol. The Morgan fingerprint density at radius 3 is 2.33 bits per heavy atom. The van der Waals surface area contributed by atoms with E-state index < -0.39 is 0 Å². The zero-order valence-corrected chi connectivity index (χ0v) is 26.0. The first kappa shape index (κ1) is 30.4. The van der Waals surface area contributed by atoms with Crippen molar-refractivity contribution in [3.63, 3.8) is 0 Å². The van der Waals surface area contributed by atoms with Crippen LogP contribution in [0.2, 0.25) is 0 Å². The van der Waals surface area contributed by atoms with Gasteiger partial charge in [0, 0.05) is 70.8 Å². The van der Waals surface area contributed by atoms with E-state index in [-0.39, 0.29) is 23.7 Å². The summed E-state index contributed by atoms with van der Waals surface area (Å²) in [5.74, 6) is 1.16. The van der Waals surface area contributed by atoms with E-state index >= 15 is 0 Å². The Morgan fingerprint density at radius 1 is 1.10 bits per heavy atom. The summed E-state index contributed by atoms with van der Waals surface area (Å²) in [4.78, 5) is 32.3. The number of methoxy groups -OCH3 is 2. The average Bonchev–Trinajstić information content (AvgIpc) is 3.24. The second-order valence-electron chi connectivity index (χ2n) is 10.9. The third-order valence-corrected chi connectivity index (χ3v) is 7.27. The fourth-order valence-corrected chi connectivity index (χ4v) is 5.20. The highest BCUT2D eigenvalue weighted by Gasteiger charge is 2.31. The lowest BCUT2D eigenvalue weighted by Gasteiger charge is -2.29. The molecule has 1 aliphatic rings. The molecule has 2 aromatic rings. The smallest absolute Gasteiger partial charge is 0.253 e. The lowest BCUT2D eigenvalue weighted by Crippen LogP contribution is -2.31. The zero-order valence-electron chi connectivity index (χ0n) is 24.4. The first-order chi connectivity index (χ1) is 18.4. The molecular weight excluding hydrogens is 562 g/mol. The Hall–Kier alpha value is -3.11. The van der Waals surface area contributed by atoms with Crippen molar-refractivity contribution in [3.05, 3.63) is 52.1 Å². The SMILES string of the molecule is CNC(=O)c1cc2c(cc1N(C)C)CN(CC(=O)c1cc(N(C)CCOC)c(OC)c(C(C)(C)C)c1)/C2=N\Br. The number of nitrogens with one attached hydrogen (secondary N) is 1. The molecule has 0 unspecified atom stereocenters. The van der Waals surface area contributed by atoms with Crippen LogP contribution in [0, 0.1) is 0 Å². The van der Waals surface area contributed by atoms with Gasteiger partial charge in [0.15, 0.2) is 5.78 Å². The van der Waals surface area contributed by atoms with Crippen LogP contribution in [0.3, 0.4) is 0 Å². The van der Waals surface area contributed by atoms with Crippen LogP contribution in [0.1, 0.15) is 58.2 Å². The summed E-state index contributed by atoms with van der Waals surface area (Å²) in [6.45, 7) is 8.15. The number of amides is 1. The van der Waals surface area contributed by atoms with Gasteiger partial charge < -0.3 is 29.5 Å². The normalized spacial score (nSPS) is 13.9. The van der Waals surface area contributed by atoms with Crippen molar-refractivity contribution < 1.29 is 19.1 Å². The Kier molecular flexibility index (Phi) is 9.66. The Bertz CT molecular complexity index is 1270. The van der Waals surface area contributed by atoms with Gasteiger partial charge in [-0.1, -0.05) is 20.8 Å². The number of benzene rings is 2. The molecule has 1 N–H and O–H groups in total. The molecule has 0 atom stereocenters. The number of fused-ring (bicyclic) bond motifs is 1. The fourth-order valence-electron chi connectivity index (χ4n) is 4.78. The molecule has 0 bridgehead atoms. The van der Waals surface area contributed by atoms with Gasteiger partial charge in [-0.15, -0.1) is 0 Å². The topological polar surface area (TPSA) is 86.7 Å². The minimum atomic E-state index is -0.246. The summed E-state index contributed by atoms with van der Waals surface area (Å²) in [6.07, 6.45) is 0. The van der Waals surface area contributed by atoms with Crippen LogP contribution in [-0.2, 0) is 16.7 Å². The van der Waals surface area contributed by atoms with Crippen molar-refractivity contribution in [1.82, 2.24) is 10.2 Å². The van der Waals surface area contributed by atoms with E-state index in [9.17, 15) is 9.59 Å². The maximum Gasteiger partial charge on any atom is 0.253 e. The molecule has 1 amide bonds. The maximum absolute atomic E-state index is 13.8. The van der Waals surface area contributed by atoms with Gasteiger partial charge in [-0.25, -0.2) is 0 Å². The van der Waals surface area contributed by atoms with Gasteiger partial charge >= 0.3 is 0 Å². The number of ether oxygens (including phenoxy) is 2. The minimum Gasteiger partial charge on any atom is -0.494 e. The van der Waals surface area contributed by atoms with E-state index in [0.717, 1.165) is 33.8 Å². The number of amidine groups is 1. The van der Waals surface area contributed by atoms with Crippen molar-refractivity contribution in [3.8, 4) is 5.75 Å². The number of anilines is 2. The molecule has 1 aliphatic heterocycles. The molecule has 0 saturated heterocycles. The Labute approximate surface area is 240 Å². The van der Waals surface area contributed by atoms with Crippen molar-refractivity contribution in [2.24, 2.45) is 4.02 Å². The Morgan fingerprint density at radius 2 is 1.79 bits per heavy atom. The van der Waals surface area contributed by atoms with Crippen molar-refractivity contribution >= 4 is 45.0 Å². The van der Waals surface area contributed by atoms with E-state index in [4.69, 9.17) is 9.47 Å². The molecule has 0 spiro atoms. The number of carbonyl (C=O) groups is 2. The molecule has 1 heterocycles. The van der Waals surface area contributed by atoms with Gasteiger partial charge in [-0.2, -0.15) is 4.02 Å². The molecular formula is C29H40BrN5O4. The second kappa shape index (κ2) is 12.4. The van der Waals surface area contributed by atoms with E-state index in [1.807, 2.05) is 55.2 Å². The van der Waals surface area contributed by atoms with Crippen molar-refractivity contribution in [2.45, 2.75) is 32.7 Å². The van der Waals surface area contributed by atoms with Gasteiger partial charge in [0.1, 0.15) is 11.6 Å². The average molecular weight is 603 g/mol. The summed E-state index contributed by atoms with van der Waals surface area (Å²) in [5, 5.41) is 2.71. The highest BCUT2D eigenvalue weighted by atomic mass is 79.9. The van der Waals surface area contributed by atoms with E-state index in [1.165, 1.54) is 0 Å². The quantitative estimate of drug-likeness (QED) is 0.407. The number of nitrogens with zero attached hydrogens (tertiary/aromatic N) is 4. The summed E-state index contributed by atoms with van der Waals surface area (Å²) >= 11 is 3.26. The molecule has 3 rings (SSSR count). The molecule has 0 aromatic heterocycles. The number of hydrogen-bond donors (Lipinski definition) is 1. The monoisotopic (exact) mass is 601 g/mol. The number of rotatable bonds is 10. The molecule has 9 nitrogen and oxygen atoms in total. The summed E-state index contributed by atoms with van der Waals surface area (Å²) in [5.41, 5.74) is 5.35. The first-order valence-corrected chi connectivity index (χ1v) is 13.5. The standard InChI is InChI=1S/C29H40BrN5O4/c1-29(2,3)22-12-18(13-24(26(22)39-9)34(7)10-11-38-8)25(36)17-35-16-19-14-23(33(5)6)21(28(37)31-4)15-20(19)27(35)32-30/h12-15H,10-11,16-17H2,1-9H3,(H,31,37)/b32-27-. The molecule has 2 aromatic carbocycles. The highest BCUT2D eigenvalue weighted by molar-refractivity contribution is 9.08. The van der Waals surface area contributed by atoms with Crippen LogP contribution in [0.4, 0.5) is 11.4 Å². The van der Waals surface area contributed by atoms with Crippen molar-refractivity contribution in [1.29, 1.82) is 0 Å². The fraction of sp³-hybridized carbons (Fsp3) is 0.483. The van der Waals surface area contributed by atoms with Crippen LogP contribution in [0.15, 0.2) is 28.3 Å². The third-order valence-electron chi connectivity index (χ3n) is 6.94. The predicted octanol–water partition coefficient (Wildman–Crippen LogP) is 4.26. The number of halogens is 1. The van der Waals surface area contributed by atoms with Crippen LogP contribution >= 0.6 is 16.1 Å². The highest BCUT2D eigenvalue weighted by Crippen LogP contribution is 2.40. The molecule has 39 heavy (non-hydrogen) atoms. The van der Waals surface area contributed by atoms with Crippen LogP contribution in [-0.4, -0.2) is 84.5 Å². The molecule has 10 heteroatoms. The number of Topliss-reactive ketones (excluding diaryl/α,β-unsaturated/α-hetero) is 1. The molecule has 0 radical (unpaired) electrons. The Balaban J connectivity index is 2.01. The number of ketones is 1. The second-order valence-corrected chi connectivity index (χ2v) is 11.3. The molecule has 212 valence electrons. The third kappa shape index (κ3) is 6.38. The van der Waals surface area contributed by atoms with Crippen LogP contribution < -0.4 is 19.9 Å². The number of hydrogen-bond acceptors (Lipinski definition) is 7. The zero-order chi connectivity index (χ0) is 29.1. The molecule has 0 saturated carbocycles. The van der Waals surface area contributed by atoms with Gasteiger partial charge in [-0.05, 0) is 35.2 Å². The van der Waals surface area contributed by atoms with Gasteiger partial charge in [0.05, 0.1) is 47.7 Å². The lowest BCUT2D eigenvalue weighted by molar-refractivity contribution is 0.0955. The lowest BCUT2D eigenvalue weighted by atomic mass is 9.84. The minimum absolute atomic E-state index is 0.0367. The largest absolute Gasteiger partial charge is 0.494 e. The molecule has 0 aliphatic carbocycles.